The normalized spacial score (nSPS) is 12.5. The molecule has 0 aliphatic carbocycles. The molecule has 52 heavy (non-hydrogen) atoms. The molecule has 0 spiro atoms. The van der Waals surface area contributed by atoms with Gasteiger partial charge in [-0.15, -0.1) is 0 Å². The molecule has 0 saturated heterocycles. The minimum absolute atomic E-state index is 0.114. The van der Waals surface area contributed by atoms with Gasteiger partial charge >= 0.3 is 11.9 Å². The smallest absolute Gasteiger partial charge is 0.328 e. The Kier molecular flexibility index (Phi) is 36.5. The van der Waals surface area contributed by atoms with Gasteiger partial charge in [0.2, 0.25) is 11.8 Å². The molecule has 9 heteroatoms. The van der Waals surface area contributed by atoms with Gasteiger partial charge in [-0.2, -0.15) is 0 Å². The third-order valence-electron chi connectivity index (χ3n) is 9.75. The van der Waals surface area contributed by atoms with E-state index in [-0.39, 0.29) is 30.9 Å². The number of unbranched alkanes of at least 4 members (excludes halogenated alkanes) is 25. The molecule has 0 saturated carbocycles. The largest absolute Gasteiger partial charge is 0.480 e. The van der Waals surface area contributed by atoms with Gasteiger partial charge in [-0.3, -0.25) is 14.4 Å². The molecule has 0 aromatic heterocycles. The Bertz CT molecular complexity index is 895. The van der Waals surface area contributed by atoms with Gasteiger partial charge in [0, 0.05) is 12.8 Å². The van der Waals surface area contributed by atoms with Crippen molar-refractivity contribution in [3.63, 3.8) is 0 Å². The van der Waals surface area contributed by atoms with Crippen molar-refractivity contribution < 1.29 is 34.1 Å². The van der Waals surface area contributed by atoms with Gasteiger partial charge in [-0.1, -0.05) is 174 Å². The lowest BCUT2D eigenvalue weighted by Gasteiger charge is -2.15. The van der Waals surface area contributed by atoms with Crippen LogP contribution in [0.5, 0.6) is 0 Å². The number of allylic oxidation sites excluding steroid dienone is 1. The second-order valence-corrected chi connectivity index (χ2v) is 14.8. The van der Waals surface area contributed by atoms with E-state index in [1.165, 1.54) is 122 Å². The number of esters is 1. The van der Waals surface area contributed by atoms with E-state index in [1.54, 1.807) is 0 Å². The first kappa shape index (κ1) is 49.6. The maximum absolute atomic E-state index is 12.6. The molecule has 2 atom stereocenters. The van der Waals surface area contributed by atoms with Gasteiger partial charge in [0.05, 0.1) is 13.2 Å². The summed E-state index contributed by atoms with van der Waals surface area (Å²) in [5.74, 6) is -2.39. The van der Waals surface area contributed by atoms with Crippen LogP contribution in [-0.2, 0) is 23.9 Å². The molecule has 0 aromatic carbocycles. The van der Waals surface area contributed by atoms with Gasteiger partial charge in [-0.25, -0.2) is 4.79 Å². The van der Waals surface area contributed by atoms with Gasteiger partial charge in [0.1, 0.15) is 12.1 Å². The van der Waals surface area contributed by atoms with Crippen LogP contribution in [0.4, 0.5) is 0 Å². The zero-order valence-electron chi connectivity index (χ0n) is 33.6. The number of aliphatic hydroxyl groups is 1. The number of carboxylic acid groups (broad SMARTS) is 1. The third kappa shape index (κ3) is 34.7. The number of hydrogen-bond acceptors (Lipinski definition) is 6. The predicted molar refractivity (Wildman–Crippen MR) is 213 cm³/mol. The molecule has 0 bridgehead atoms. The average molecular weight is 737 g/mol. The average Bonchev–Trinajstić information content (AvgIpc) is 3.13. The number of carbonyl (C=O) groups is 4. The molecule has 4 N–H and O–H groups in total. The zero-order valence-corrected chi connectivity index (χ0v) is 33.6. The Labute approximate surface area is 318 Å². The molecule has 0 aromatic rings. The summed E-state index contributed by atoms with van der Waals surface area (Å²) in [6.45, 7) is 3.39. The number of aliphatic carboxylic acids is 1. The lowest BCUT2D eigenvalue weighted by atomic mass is 10.0. The highest BCUT2D eigenvalue weighted by Gasteiger charge is 2.18. The highest BCUT2D eigenvalue weighted by atomic mass is 16.5. The van der Waals surface area contributed by atoms with Crippen molar-refractivity contribution >= 4 is 23.8 Å². The highest BCUT2D eigenvalue weighted by Crippen LogP contribution is 2.17. The fraction of sp³-hybridized carbons (Fsp3) is 0.860. The first-order chi connectivity index (χ1) is 25.3. The van der Waals surface area contributed by atoms with E-state index >= 15 is 0 Å². The van der Waals surface area contributed by atoms with Crippen LogP contribution in [0.25, 0.3) is 0 Å². The second kappa shape index (κ2) is 38.3. The zero-order chi connectivity index (χ0) is 38.3. The summed E-state index contributed by atoms with van der Waals surface area (Å²) >= 11 is 0. The van der Waals surface area contributed by atoms with E-state index < -0.39 is 24.5 Å². The predicted octanol–water partition coefficient (Wildman–Crippen LogP) is 10.3. The van der Waals surface area contributed by atoms with Crippen molar-refractivity contribution in [1.82, 2.24) is 10.6 Å². The molecule has 0 rings (SSSR count). The Morgan fingerprint density at radius 3 is 1.48 bits per heavy atom. The van der Waals surface area contributed by atoms with Crippen molar-refractivity contribution in [2.45, 2.75) is 225 Å². The van der Waals surface area contributed by atoms with E-state index in [0.717, 1.165) is 57.8 Å². The maximum Gasteiger partial charge on any atom is 0.328 e. The number of hydrogen-bond donors (Lipinski definition) is 4. The first-order valence-electron chi connectivity index (χ1n) is 21.6. The second-order valence-electron chi connectivity index (χ2n) is 14.8. The molecule has 2 amide bonds. The summed E-state index contributed by atoms with van der Waals surface area (Å²) in [5, 5.41) is 22.5. The van der Waals surface area contributed by atoms with Crippen LogP contribution in [0, 0.1) is 0 Å². The number of amides is 2. The summed E-state index contributed by atoms with van der Waals surface area (Å²) in [5.41, 5.74) is 0. The van der Waals surface area contributed by atoms with Crippen LogP contribution in [0.2, 0.25) is 0 Å². The fourth-order valence-corrected chi connectivity index (χ4v) is 6.38. The van der Waals surface area contributed by atoms with E-state index in [9.17, 15) is 19.2 Å². The monoisotopic (exact) mass is 737 g/mol. The molecular formula is C43H80N2O7. The minimum atomic E-state index is -1.39. The molecule has 0 aliphatic rings. The lowest BCUT2D eigenvalue weighted by Crippen LogP contribution is -2.47. The van der Waals surface area contributed by atoms with Crippen LogP contribution >= 0.6 is 0 Å². The SMILES string of the molecule is CCCC/C=C\C(CCCCCCC(=O)NCC(=O)NC(CO)C(=O)O)OC(=O)CCCCCCCCCCCCCCCCCCCCCCC. The Hall–Kier alpha value is -2.42. The van der Waals surface area contributed by atoms with E-state index in [1.807, 2.05) is 6.08 Å². The summed E-state index contributed by atoms with van der Waals surface area (Å²) in [6, 6.07) is -1.39. The number of aliphatic hydroxyl groups excluding tert-OH is 1. The summed E-state index contributed by atoms with van der Waals surface area (Å²) in [7, 11) is 0. The van der Waals surface area contributed by atoms with Gasteiger partial charge in [-0.05, 0) is 38.2 Å². The standard InChI is InChI=1S/C43H80N2O7/c1-3-5-7-9-10-11-12-13-14-15-16-17-18-19-20-21-22-23-24-25-31-35-42(49)52-38(32-28-8-6-4-2)33-29-26-27-30-34-40(47)44-36-41(48)45-39(37-46)43(50)51/h28,32,38-39,46H,3-27,29-31,33-37H2,1-2H3,(H,44,47)(H,45,48)(H,50,51)/b32-28-. The number of carboxylic acids is 1. The van der Waals surface area contributed by atoms with E-state index in [4.69, 9.17) is 14.9 Å². The van der Waals surface area contributed by atoms with Crippen molar-refractivity contribution in [3.8, 4) is 0 Å². The van der Waals surface area contributed by atoms with Crippen LogP contribution in [0.15, 0.2) is 12.2 Å². The molecule has 9 nitrogen and oxygen atoms in total. The summed E-state index contributed by atoms with van der Waals surface area (Å²) in [4.78, 5) is 47.3. The van der Waals surface area contributed by atoms with Gasteiger partial charge < -0.3 is 25.6 Å². The van der Waals surface area contributed by atoms with Crippen LogP contribution < -0.4 is 10.6 Å². The molecule has 0 heterocycles. The molecular weight excluding hydrogens is 656 g/mol. The molecule has 2 unspecified atom stereocenters. The topological polar surface area (TPSA) is 142 Å². The lowest BCUT2D eigenvalue weighted by molar-refractivity contribution is -0.147. The Balaban J connectivity index is 3.88. The van der Waals surface area contributed by atoms with Crippen LogP contribution in [0.1, 0.15) is 213 Å². The summed E-state index contributed by atoms with van der Waals surface area (Å²) in [6.07, 6.45) is 40.1. The number of ether oxygens (including phenoxy) is 1. The highest BCUT2D eigenvalue weighted by molar-refractivity contribution is 5.87. The molecule has 0 aliphatic heterocycles. The van der Waals surface area contributed by atoms with E-state index in [0.29, 0.717) is 12.8 Å². The fourth-order valence-electron chi connectivity index (χ4n) is 6.38. The molecule has 0 radical (unpaired) electrons. The van der Waals surface area contributed by atoms with Crippen LogP contribution in [-0.4, -0.2) is 59.3 Å². The quantitative estimate of drug-likeness (QED) is 0.0279. The molecule has 304 valence electrons. The summed E-state index contributed by atoms with van der Waals surface area (Å²) < 4.78 is 5.84. The van der Waals surface area contributed by atoms with Gasteiger partial charge in [0.15, 0.2) is 0 Å². The first-order valence-corrected chi connectivity index (χ1v) is 21.6. The van der Waals surface area contributed by atoms with Gasteiger partial charge in [0.25, 0.3) is 0 Å². The number of rotatable bonds is 39. The number of carbonyl (C=O) groups excluding carboxylic acids is 3. The minimum Gasteiger partial charge on any atom is -0.480 e. The van der Waals surface area contributed by atoms with Crippen molar-refractivity contribution in [2.75, 3.05) is 13.2 Å². The van der Waals surface area contributed by atoms with Crippen LogP contribution in [0.3, 0.4) is 0 Å². The van der Waals surface area contributed by atoms with Crippen molar-refractivity contribution in [1.29, 1.82) is 0 Å². The number of nitrogens with one attached hydrogen (secondary N) is 2. The van der Waals surface area contributed by atoms with E-state index in [2.05, 4.69) is 30.6 Å². The third-order valence-corrected chi connectivity index (χ3v) is 9.75. The Morgan fingerprint density at radius 1 is 0.577 bits per heavy atom. The maximum atomic E-state index is 12.6. The molecule has 0 fully saturated rings. The van der Waals surface area contributed by atoms with Crippen molar-refractivity contribution in [2.24, 2.45) is 0 Å². The Morgan fingerprint density at radius 2 is 1.02 bits per heavy atom. The van der Waals surface area contributed by atoms with Crippen molar-refractivity contribution in [3.05, 3.63) is 12.2 Å².